The monoisotopic (exact) mass is 273 g/mol. The molecule has 1 rings (SSSR count). The molecule has 0 aliphatic carbocycles. The highest BCUT2D eigenvalue weighted by atomic mass is 35.5. The fourth-order valence-corrected chi connectivity index (χ4v) is 1.71. The Morgan fingerprint density at radius 1 is 1.61 bits per heavy atom. The van der Waals surface area contributed by atoms with Crippen LogP contribution in [-0.2, 0) is 4.79 Å². The molecule has 0 fully saturated rings. The van der Waals surface area contributed by atoms with E-state index in [-0.39, 0.29) is 29.7 Å². The van der Waals surface area contributed by atoms with E-state index in [0.29, 0.717) is 5.56 Å². The Bertz CT molecular complexity index is 428. The lowest BCUT2D eigenvalue weighted by Gasteiger charge is -2.19. The highest BCUT2D eigenvalue weighted by molar-refractivity contribution is 6.31. The van der Waals surface area contributed by atoms with E-state index >= 15 is 0 Å². The number of aromatic nitrogens is 1. The third-order valence-electron chi connectivity index (χ3n) is 2.40. The summed E-state index contributed by atoms with van der Waals surface area (Å²) >= 11 is 5.89. The Balaban J connectivity index is 2.62. The Kier molecular flexibility index (Phi) is 5.33. The standard InChI is InChI=1S/C11H16ClN3O3/c1-6(16)14-3-2-9(17)11(18)7-5-15-10(13)4-8(7)12/h4-5,9,11,17-18H,2-3H2,1H3,(H2,13,15)(H,14,16). The molecule has 7 heteroatoms. The fraction of sp³-hybridized carbons (Fsp3) is 0.455. The first-order chi connectivity index (χ1) is 8.41. The minimum atomic E-state index is -1.17. The van der Waals surface area contributed by atoms with Crippen molar-refractivity contribution in [2.75, 3.05) is 12.3 Å². The van der Waals surface area contributed by atoms with Gasteiger partial charge in [0.1, 0.15) is 11.9 Å². The SMILES string of the molecule is CC(=O)NCCC(O)C(O)c1cnc(N)cc1Cl. The lowest BCUT2D eigenvalue weighted by molar-refractivity contribution is -0.119. The molecule has 100 valence electrons. The molecular formula is C11H16ClN3O3. The maximum atomic E-state index is 10.7. The van der Waals surface area contributed by atoms with Crippen molar-refractivity contribution in [1.29, 1.82) is 0 Å². The summed E-state index contributed by atoms with van der Waals surface area (Å²) in [5.41, 5.74) is 5.74. The molecule has 0 aliphatic heterocycles. The van der Waals surface area contributed by atoms with Gasteiger partial charge < -0.3 is 21.3 Å². The van der Waals surface area contributed by atoms with Crippen LogP contribution in [0.5, 0.6) is 0 Å². The van der Waals surface area contributed by atoms with Crippen molar-refractivity contribution in [2.24, 2.45) is 0 Å². The van der Waals surface area contributed by atoms with Gasteiger partial charge in [0.15, 0.2) is 0 Å². The summed E-state index contributed by atoms with van der Waals surface area (Å²) in [6.07, 6.45) is -0.676. The van der Waals surface area contributed by atoms with Gasteiger partial charge in [0.25, 0.3) is 0 Å². The number of anilines is 1. The van der Waals surface area contributed by atoms with Gasteiger partial charge in [0.2, 0.25) is 5.91 Å². The number of rotatable bonds is 5. The molecule has 0 spiro atoms. The molecule has 0 saturated heterocycles. The van der Waals surface area contributed by atoms with Crippen molar-refractivity contribution in [3.63, 3.8) is 0 Å². The molecule has 2 atom stereocenters. The van der Waals surface area contributed by atoms with E-state index in [9.17, 15) is 15.0 Å². The van der Waals surface area contributed by atoms with Crippen molar-refractivity contribution in [3.8, 4) is 0 Å². The predicted molar refractivity (Wildman–Crippen MR) is 67.9 cm³/mol. The number of amides is 1. The minimum Gasteiger partial charge on any atom is -0.390 e. The summed E-state index contributed by atoms with van der Waals surface area (Å²) in [5.74, 6) is 0.0487. The van der Waals surface area contributed by atoms with Crippen LogP contribution in [0.25, 0.3) is 0 Å². The zero-order valence-corrected chi connectivity index (χ0v) is 10.7. The summed E-state index contributed by atoms with van der Waals surface area (Å²) < 4.78 is 0. The number of carbonyl (C=O) groups excluding carboxylic acids is 1. The average molecular weight is 274 g/mol. The molecular weight excluding hydrogens is 258 g/mol. The number of hydrogen-bond donors (Lipinski definition) is 4. The van der Waals surface area contributed by atoms with Crippen LogP contribution in [0, 0.1) is 0 Å². The topological polar surface area (TPSA) is 108 Å². The summed E-state index contributed by atoms with van der Waals surface area (Å²) in [6.45, 7) is 1.65. The van der Waals surface area contributed by atoms with Gasteiger partial charge in [0.05, 0.1) is 11.1 Å². The lowest BCUT2D eigenvalue weighted by atomic mass is 10.0. The van der Waals surface area contributed by atoms with Crippen molar-refractivity contribution >= 4 is 23.3 Å². The Labute approximate surface area is 110 Å². The molecule has 0 bridgehead atoms. The summed E-state index contributed by atoms with van der Waals surface area (Å²) in [4.78, 5) is 14.5. The zero-order valence-electron chi connectivity index (χ0n) is 9.93. The van der Waals surface area contributed by atoms with Crippen LogP contribution < -0.4 is 11.1 Å². The first-order valence-electron chi connectivity index (χ1n) is 5.43. The van der Waals surface area contributed by atoms with Crippen LogP contribution in [0.4, 0.5) is 5.82 Å². The molecule has 0 saturated carbocycles. The van der Waals surface area contributed by atoms with Crippen LogP contribution >= 0.6 is 11.6 Å². The van der Waals surface area contributed by atoms with E-state index in [4.69, 9.17) is 17.3 Å². The molecule has 1 amide bonds. The molecule has 5 N–H and O–H groups in total. The van der Waals surface area contributed by atoms with Crippen LogP contribution in [-0.4, -0.2) is 33.8 Å². The molecule has 18 heavy (non-hydrogen) atoms. The van der Waals surface area contributed by atoms with Crippen LogP contribution in [0.1, 0.15) is 25.0 Å². The van der Waals surface area contributed by atoms with Gasteiger partial charge in [-0.2, -0.15) is 0 Å². The van der Waals surface area contributed by atoms with Crippen LogP contribution in [0.3, 0.4) is 0 Å². The molecule has 2 unspecified atom stereocenters. The Morgan fingerprint density at radius 3 is 2.83 bits per heavy atom. The number of hydrogen-bond acceptors (Lipinski definition) is 5. The van der Waals surface area contributed by atoms with Gasteiger partial charge >= 0.3 is 0 Å². The molecule has 1 aromatic heterocycles. The Morgan fingerprint density at radius 2 is 2.28 bits per heavy atom. The third kappa shape index (κ3) is 4.14. The Hall–Kier alpha value is -1.37. The number of aliphatic hydroxyl groups excluding tert-OH is 2. The van der Waals surface area contributed by atoms with Gasteiger partial charge in [-0.25, -0.2) is 4.98 Å². The van der Waals surface area contributed by atoms with E-state index in [0.717, 1.165) is 0 Å². The van der Waals surface area contributed by atoms with Crippen molar-refractivity contribution in [1.82, 2.24) is 10.3 Å². The zero-order chi connectivity index (χ0) is 13.7. The van der Waals surface area contributed by atoms with Crippen LogP contribution in [0.15, 0.2) is 12.3 Å². The number of carbonyl (C=O) groups is 1. The molecule has 0 radical (unpaired) electrons. The second-order valence-electron chi connectivity index (χ2n) is 3.91. The largest absolute Gasteiger partial charge is 0.390 e. The first kappa shape index (κ1) is 14.7. The van der Waals surface area contributed by atoms with E-state index < -0.39 is 12.2 Å². The second-order valence-corrected chi connectivity index (χ2v) is 4.32. The van der Waals surface area contributed by atoms with E-state index in [1.807, 2.05) is 0 Å². The lowest BCUT2D eigenvalue weighted by Crippen LogP contribution is -2.27. The smallest absolute Gasteiger partial charge is 0.216 e. The number of nitrogen functional groups attached to an aromatic ring is 1. The van der Waals surface area contributed by atoms with Crippen molar-refractivity contribution in [3.05, 3.63) is 22.8 Å². The maximum absolute atomic E-state index is 10.7. The minimum absolute atomic E-state index is 0.191. The predicted octanol–water partition coefficient (Wildman–Crippen LogP) is 0.238. The maximum Gasteiger partial charge on any atom is 0.216 e. The molecule has 1 aromatic rings. The van der Waals surface area contributed by atoms with Gasteiger partial charge in [-0.05, 0) is 12.5 Å². The number of nitrogens with two attached hydrogens (primary N) is 1. The number of aliphatic hydroxyl groups is 2. The molecule has 1 heterocycles. The average Bonchev–Trinajstić information content (AvgIpc) is 2.27. The number of nitrogens with zero attached hydrogens (tertiary/aromatic N) is 1. The summed E-state index contributed by atoms with van der Waals surface area (Å²) in [6, 6.07) is 1.40. The van der Waals surface area contributed by atoms with Gasteiger partial charge in [0, 0.05) is 25.2 Å². The summed E-state index contributed by atoms with van der Waals surface area (Å²) in [7, 11) is 0. The highest BCUT2D eigenvalue weighted by Gasteiger charge is 2.21. The molecule has 0 aromatic carbocycles. The van der Waals surface area contributed by atoms with Crippen molar-refractivity contribution in [2.45, 2.75) is 25.6 Å². The second kappa shape index (κ2) is 6.53. The molecule has 6 nitrogen and oxygen atoms in total. The normalized spacial score (nSPS) is 14.0. The fourth-order valence-electron chi connectivity index (χ4n) is 1.44. The highest BCUT2D eigenvalue weighted by Crippen LogP contribution is 2.26. The number of pyridine rings is 1. The van der Waals surface area contributed by atoms with Gasteiger partial charge in [-0.3, -0.25) is 4.79 Å². The molecule has 0 aliphatic rings. The number of halogens is 1. The van der Waals surface area contributed by atoms with Gasteiger partial charge in [-0.1, -0.05) is 11.6 Å². The van der Waals surface area contributed by atoms with E-state index in [1.54, 1.807) is 0 Å². The summed E-state index contributed by atoms with van der Waals surface area (Å²) in [5, 5.41) is 22.4. The first-order valence-corrected chi connectivity index (χ1v) is 5.81. The number of nitrogens with one attached hydrogen (secondary N) is 1. The van der Waals surface area contributed by atoms with Gasteiger partial charge in [-0.15, -0.1) is 0 Å². The quantitative estimate of drug-likeness (QED) is 0.614. The van der Waals surface area contributed by atoms with E-state index in [2.05, 4.69) is 10.3 Å². The van der Waals surface area contributed by atoms with E-state index in [1.165, 1.54) is 19.2 Å². The van der Waals surface area contributed by atoms with Crippen LogP contribution in [0.2, 0.25) is 5.02 Å². The third-order valence-corrected chi connectivity index (χ3v) is 2.73. The van der Waals surface area contributed by atoms with Crippen molar-refractivity contribution < 1.29 is 15.0 Å².